The summed E-state index contributed by atoms with van der Waals surface area (Å²) in [5.41, 5.74) is 9.74. The molecule has 0 radical (unpaired) electrons. The van der Waals surface area contributed by atoms with Gasteiger partial charge in [0.25, 0.3) is 0 Å². The van der Waals surface area contributed by atoms with Gasteiger partial charge in [0.1, 0.15) is 5.82 Å². The predicted molar refractivity (Wildman–Crippen MR) is 61.5 cm³/mol. The van der Waals surface area contributed by atoms with Crippen molar-refractivity contribution in [2.45, 2.75) is 26.7 Å². The molecule has 0 saturated heterocycles. The van der Waals surface area contributed by atoms with Crippen LogP contribution in [0.3, 0.4) is 0 Å². The van der Waals surface area contributed by atoms with Crippen LogP contribution in [-0.2, 0) is 12.8 Å². The van der Waals surface area contributed by atoms with Gasteiger partial charge in [-0.3, -0.25) is 0 Å². The quantitative estimate of drug-likeness (QED) is 0.747. The molecule has 3 N–H and O–H groups in total. The van der Waals surface area contributed by atoms with E-state index < -0.39 is 0 Å². The zero-order chi connectivity index (χ0) is 10.1. The normalized spacial score (nSPS) is 11.0. The average molecular weight is 188 g/mol. The Morgan fingerprint density at radius 1 is 1.21 bits per heavy atom. The van der Waals surface area contributed by atoms with Crippen molar-refractivity contribution >= 4 is 16.7 Å². The fraction of sp³-hybridized carbons (Fsp3) is 0.333. The molecule has 0 bridgehead atoms. The number of H-pyrrole nitrogens is 1. The Labute approximate surface area is 84.1 Å². The van der Waals surface area contributed by atoms with E-state index >= 15 is 0 Å². The molecule has 2 aromatic rings. The summed E-state index contributed by atoms with van der Waals surface area (Å²) in [6.45, 7) is 4.32. The maximum absolute atomic E-state index is 5.93. The second kappa shape index (κ2) is 3.37. The first-order chi connectivity index (χ1) is 6.77. The van der Waals surface area contributed by atoms with E-state index in [0.29, 0.717) is 0 Å². The molecule has 14 heavy (non-hydrogen) atoms. The second-order valence-corrected chi connectivity index (χ2v) is 3.56. The number of aryl methyl sites for hydroxylation is 2. The lowest BCUT2D eigenvalue weighted by Crippen LogP contribution is -1.90. The summed E-state index contributed by atoms with van der Waals surface area (Å²) in [7, 11) is 0. The molecule has 1 heterocycles. The lowest BCUT2D eigenvalue weighted by Gasteiger charge is -2.01. The van der Waals surface area contributed by atoms with Crippen LogP contribution in [0.1, 0.15) is 25.0 Å². The van der Waals surface area contributed by atoms with E-state index in [0.717, 1.165) is 18.7 Å². The topological polar surface area (TPSA) is 41.8 Å². The number of hydrogen-bond donors (Lipinski definition) is 2. The Morgan fingerprint density at radius 2 is 2.00 bits per heavy atom. The zero-order valence-electron chi connectivity index (χ0n) is 8.72. The van der Waals surface area contributed by atoms with Gasteiger partial charge >= 0.3 is 0 Å². The monoisotopic (exact) mass is 188 g/mol. The molecule has 0 spiro atoms. The van der Waals surface area contributed by atoms with Crippen molar-refractivity contribution in [3.8, 4) is 0 Å². The molecule has 2 nitrogen and oxygen atoms in total. The van der Waals surface area contributed by atoms with Crippen LogP contribution in [0.5, 0.6) is 0 Å². The molecule has 2 heteroatoms. The molecule has 1 aromatic heterocycles. The van der Waals surface area contributed by atoms with Gasteiger partial charge in [0.2, 0.25) is 0 Å². The third kappa shape index (κ3) is 1.18. The molecular weight excluding hydrogens is 172 g/mol. The molecule has 0 saturated carbocycles. The van der Waals surface area contributed by atoms with Crippen LogP contribution in [-0.4, -0.2) is 4.98 Å². The van der Waals surface area contributed by atoms with Gasteiger partial charge in [-0.25, -0.2) is 0 Å². The van der Waals surface area contributed by atoms with E-state index in [1.807, 2.05) is 0 Å². The number of anilines is 1. The number of aromatic amines is 1. The molecule has 0 aliphatic carbocycles. The van der Waals surface area contributed by atoms with E-state index in [1.54, 1.807) is 0 Å². The van der Waals surface area contributed by atoms with Gasteiger partial charge < -0.3 is 10.7 Å². The van der Waals surface area contributed by atoms with Gasteiger partial charge in [0.05, 0.1) is 0 Å². The van der Waals surface area contributed by atoms with E-state index in [1.165, 1.54) is 22.0 Å². The number of hydrogen-bond acceptors (Lipinski definition) is 1. The van der Waals surface area contributed by atoms with Crippen LogP contribution in [0.4, 0.5) is 5.82 Å². The molecule has 0 atom stereocenters. The van der Waals surface area contributed by atoms with Crippen molar-refractivity contribution in [3.63, 3.8) is 0 Å². The Morgan fingerprint density at radius 3 is 2.64 bits per heavy atom. The smallest absolute Gasteiger partial charge is 0.104 e. The van der Waals surface area contributed by atoms with Gasteiger partial charge in [-0.1, -0.05) is 26.0 Å². The van der Waals surface area contributed by atoms with Crippen LogP contribution in [0.2, 0.25) is 0 Å². The molecule has 2 rings (SSSR count). The summed E-state index contributed by atoms with van der Waals surface area (Å²) >= 11 is 0. The summed E-state index contributed by atoms with van der Waals surface area (Å²) in [4.78, 5) is 3.23. The third-order valence-corrected chi connectivity index (χ3v) is 2.78. The fourth-order valence-corrected chi connectivity index (χ4v) is 2.08. The van der Waals surface area contributed by atoms with E-state index in [4.69, 9.17) is 5.73 Å². The molecule has 0 aliphatic heterocycles. The van der Waals surface area contributed by atoms with Crippen LogP contribution in [0, 0.1) is 0 Å². The highest BCUT2D eigenvalue weighted by molar-refractivity contribution is 5.91. The standard InChI is InChI=1S/C12H16N2/c1-3-8-6-5-7-10-11(8)9(4-2)12(13)14-10/h5-7,14H,3-4,13H2,1-2H3. The first-order valence-corrected chi connectivity index (χ1v) is 5.15. The highest BCUT2D eigenvalue weighted by Crippen LogP contribution is 2.28. The lowest BCUT2D eigenvalue weighted by molar-refractivity contribution is 1.13. The van der Waals surface area contributed by atoms with Crippen LogP contribution in [0.15, 0.2) is 18.2 Å². The van der Waals surface area contributed by atoms with Crippen molar-refractivity contribution in [1.29, 1.82) is 0 Å². The minimum atomic E-state index is 0.823. The Kier molecular flexibility index (Phi) is 2.20. The number of rotatable bonds is 2. The number of nitrogens with two attached hydrogens (primary N) is 1. The minimum absolute atomic E-state index is 0.823. The summed E-state index contributed by atoms with van der Waals surface area (Å²) in [5.74, 6) is 0.823. The van der Waals surface area contributed by atoms with Crippen molar-refractivity contribution in [2.24, 2.45) is 0 Å². The Balaban J connectivity index is 2.82. The SMILES string of the molecule is CCc1cccc2[nH]c(N)c(CC)c12. The zero-order valence-corrected chi connectivity index (χ0v) is 8.72. The molecule has 1 aromatic carbocycles. The number of benzene rings is 1. The van der Waals surface area contributed by atoms with Gasteiger partial charge in [-0.15, -0.1) is 0 Å². The summed E-state index contributed by atoms with van der Waals surface area (Å²) in [6.07, 6.45) is 2.05. The maximum atomic E-state index is 5.93. The van der Waals surface area contributed by atoms with Crippen LogP contribution in [0.25, 0.3) is 10.9 Å². The molecule has 0 fully saturated rings. The summed E-state index contributed by atoms with van der Waals surface area (Å²) in [6, 6.07) is 6.34. The molecular formula is C12H16N2. The van der Waals surface area contributed by atoms with E-state index in [-0.39, 0.29) is 0 Å². The lowest BCUT2D eigenvalue weighted by atomic mass is 10.0. The number of nitrogen functional groups attached to an aromatic ring is 1. The van der Waals surface area contributed by atoms with Crippen LogP contribution >= 0.6 is 0 Å². The van der Waals surface area contributed by atoms with E-state index in [9.17, 15) is 0 Å². The fourth-order valence-electron chi connectivity index (χ4n) is 2.08. The number of aromatic nitrogens is 1. The molecule has 0 amide bonds. The molecule has 0 aliphatic rings. The highest BCUT2D eigenvalue weighted by atomic mass is 14.8. The highest BCUT2D eigenvalue weighted by Gasteiger charge is 2.09. The maximum Gasteiger partial charge on any atom is 0.104 e. The van der Waals surface area contributed by atoms with Gasteiger partial charge in [0.15, 0.2) is 0 Å². The molecule has 0 unspecified atom stereocenters. The van der Waals surface area contributed by atoms with Gasteiger partial charge in [-0.2, -0.15) is 0 Å². The van der Waals surface area contributed by atoms with Crippen molar-refractivity contribution in [1.82, 2.24) is 4.98 Å². The predicted octanol–water partition coefficient (Wildman–Crippen LogP) is 2.87. The number of fused-ring (bicyclic) bond motifs is 1. The van der Waals surface area contributed by atoms with Crippen LogP contribution < -0.4 is 5.73 Å². The molecule has 74 valence electrons. The van der Waals surface area contributed by atoms with E-state index in [2.05, 4.69) is 37.0 Å². The third-order valence-electron chi connectivity index (χ3n) is 2.78. The second-order valence-electron chi connectivity index (χ2n) is 3.56. The summed E-state index contributed by atoms with van der Waals surface area (Å²) in [5, 5.41) is 1.33. The Hall–Kier alpha value is -1.44. The Bertz CT molecular complexity index is 455. The number of nitrogens with one attached hydrogen (secondary N) is 1. The largest absolute Gasteiger partial charge is 0.385 e. The van der Waals surface area contributed by atoms with Crippen molar-refractivity contribution < 1.29 is 0 Å². The first-order valence-electron chi connectivity index (χ1n) is 5.15. The van der Waals surface area contributed by atoms with Gasteiger partial charge in [0, 0.05) is 16.5 Å². The van der Waals surface area contributed by atoms with Crippen molar-refractivity contribution in [2.75, 3.05) is 5.73 Å². The van der Waals surface area contributed by atoms with Crippen molar-refractivity contribution in [3.05, 3.63) is 29.3 Å². The first kappa shape index (κ1) is 9.13. The average Bonchev–Trinajstić information content (AvgIpc) is 2.52. The summed E-state index contributed by atoms with van der Waals surface area (Å²) < 4.78 is 0. The minimum Gasteiger partial charge on any atom is -0.385 e. The van der Waals surface area contributed by atoms with Gasteiger partial charge in [-0.05, 0) is 24.5 Å².